The van der Waals surface area contributed by atoms with Crippen molar-refractivity contribution >= 4 is 15.9 Å². The Kier molecular flexibility index (Phi) is 4.56. The van der Waals surface area contributed by atoms with Crippen molar-refractivity contribution < 1.29 is 14.2 Å². The molecule has 2 nitrogen and oxygen atoms in total. The molecule has 2 aromatic carbocycles. The number of hydrogen-bond acceptors (Lipinski definition) is 2. The lowest BCUT2D eigenvalue weighted by molar-refractivity contribution is 0.177. The SMILES string of the molecule is COc1ccc(C(O)Cc2ccc(F)cc2)c(Br)c1. The summed E-state index contributed by atoms with van der Waals surface area (Å²) in [6.45, 7) is 0. The van der Waals surface area contributed by atoms with E-state index in [-0.39, 0.29) is 5.82 Å². The summed E-state index contributed by atoms with van der Waals surface area (Å²) in [7, 11) is 1.59. The van der Waals surface area contributed by atoms with Crippen molar-refractivity contribution in [2.24, 2.45) is 0 Å². The summed E-state index contributed by atoms with van der Waals surface area (Å²) in [6, 6.07) is 11.6. The maximum absolute atomic E-state index is 12.8. The highest BCUT2D eigenvalue weighted by Crippen LogP contribution is 2.29. The summed E-state index contributed by atoms with van der Waals surface area (Å²) >= 11 is 3.41. The lowest BCUT2D eigenvalue weighted by Gasteiger charge is -2.14. The van der Waals surface area contributed by atoms with Crippen LogP contribution < -0.4 is 4.74 Å². The van der Waals surface area contributed by atoms with Crippen LogP contribution in [0.4, 0.5) is 4.39 Å². The van der Waals surface area contributed by atoms with Crippen LogP contribution in [-0.2, 0) is 6.42 Å². The van der Waals surface area contributed by atoms with E-state index in [9.17, 15) is 9.50 Å². The molecule has 2 aromatic rings. The minimum absolute atomic E-state index is 0.274. The largest absolute Gasteiger partial charge is 0.497 e. The van der Waals surface area contributed by atoms with Gasteiger partial charge in [0, 0.05) is 10.9 Å². The Balaban J connectivity index is 2.15. The molecule has 1 atom stereocenters. The zero-order chi connectivity index (χ0) is 13.8. The van der Waals surface area contributed by atoms with E-state index in [0.29, 0.717) is 6.42 Å². The molecule has 0 fully saturated rings. The molecule has 0 aliphatic rings. The highest BCUT2D eigenvalue weighted by Gasteiger charge is 2.13. The van der Waals surface area contributed by atoms with Crippen molar-refractivity contribution in [2.45, 2.75) is 12.5 Å². The highest BCUT2D eigenvalue weighted by atomic mass is 79.9. The fourth-order valence-electron chi connectivity index (χ4n) is 1.86. The monoisotopic (exact) mass is 324 g/mol. The van der Waals surface area contributed by atoms with Crippen LogP contribution >= 0.6 is 15.9 Å². The zero-order valence-electron chi connectivity index (χ0n) is 10.4. The van der Waals surface area contributed by atoms with Crippen LogP contribution in [0, 0.1) is 5.82 Å². The molecule has 0 aliphatic carbocycles. The average molecular weight is 325 g/mol. The van der Waals surface area contributed by atoms with E-state index >= 15 is 0 Å². The number of ether oxygens (including phenoxy) is 1. The molecule has 1 unspecified atom stereocenters. The maximum atomic E-state index is 12.8. The third-order valence-electron chi connectivity index (χ3n) is 2.91. The lowest BCUT2D eigenvalue weighted by atomic mass is 10.0. The normalized spacial score (nSPS) is 12.2. The number of halogens is 2. The first-order valence-corrected chi connectivity index (χ1v) is 6.65. The van der Waals surface area contributed by atoms with E-state index in [1.54, 1.807) is 25.3 Å². The van der Waals surface area contributed by atoms with Crippen LogP contribution in [0.1, 0.15) is 17.2 Å². The van der Waals surface area contributed by atoms with E-state index in [4.69, 9.17) is 4.74 Å². The van der Waals surface area contributed by atoms with E-state index in [2.05, 4.69) is 15.9 Å². The minimum atomic E-state index is -0.647. The Morgan fingerprint density at radius 2 is 1.89 bits per heavy atom. The second-order valence-electron chi connectivity index (χ2n) is 4.23. The summed E-state index contributed by atoms with van der Waals surface area (Å²) in [5.41, 5.74) is 1.67. The molecule has 1 N–H and O–H groups in total. The first-order chi connectivity index (χ1) is 9.10. The average Bonchev–Trinajstić information content (AvgIpc) is 2.41. The van der Waals surface area contributed by atoms with Gasteiger partial charge in [-0.25, -0.2) is 4.39 Å². The van der Waals surface area contributed by atoms with Crippen molar-refractivity contribution in [3.8, 4) is 5.75 Å². The Bertz CT molecular complexity index is 555. The van der Waals surface area contributed by atoms with Gasteiger partial charge in [0.15, 0.2) is 0 Å². The van der Waals surface area contributed by atoms with Gasteiger partial charge in [0.1, 0.15) is 11.6 Å². The minimum Gasteiger partial charge on any atom is -0.497 e. The van der Waals surface area contributed by atoms with Gasteiger partial charge in [0.05, 0.1) is 13.2 Å². The number of methoxy groups -OCH3 is 1. The Labute approximate surface area is 120 Å². The topological polar surface area (TPSA) is 29.5 Å². The second-order valence-corrected chi connectivity index (χ2v) is 5.09. The van der Waals surface area contributed by atoms with E-state index in [1.807, 2.05) is 12.1 Å². The van der Waals surface area contributed by atoms with E-state index < -0.39 is 6.10 Å². The van der Waals surface area contributed by atoms with Gasteiger partial charge in [0.25, 0.3) is 0 Å². The second kappa shape index (κ2) is 6.17. The molecule has 2 rings (SSSR count). The van der Waals surface area contributed by atoms with Crippen LogP contribution in [0.3, 0.4) is 0 Å². The number of aliphatic hydroxyl groups is 1. The fraction of sp³-hybridized carbons (Fsp3) is 0.200. The summed E-state index contributed by atoms with van der Waals surface area (Å²) in [5.74, 6) is 0.452. The third kappa shape index (κ3) is 3.55. The Hall–Kier alpha value is -1.39. The fourth-order valence-corrected chi connectivity index (χ4v) is 2.48. The van der Waals surface area contributed by atoms with Gasteiger partial charge >= 0.3 is 0 Å². The molecule has 0 saturated carbocycles. The number of rotatable bonds is 4. The van der Waals surface area contributed by atoms with Crippen molar-refractivity contribution in [1.82, 2.24) is 0 Å². The van der Waals surface area contributed by atoms with E-state index in [0.717, 1.165) is 21.3 Å². The number of benzene rings is 2. The summed E-state index contributed by atoms with van der Waals surface area (Å²) in [6.07, 6.45) is -0.212. The van der Waals surface area contributed by atoms with E-state index in [1.165, 1.54) is 12.1 Å². The molecule has 0 spiro atoms. The number of hydrogen-bond donors (Lipinski definition) is 1. The van der Waals surface area contributed by atoms with Crippen LogP contribution in [0.15, 0.2) is 46.9 Å². The molecule has 4 heteroatoms. The molecular weight excluding hydrogens is 311 g/mol. The van der Waals surface area contributed by atoms with Crippen LogP contribution in [0.2, 0.25) is 0 Å². The van der Waals surface area contributed by atoms with Gasteiger partial charge in [-0.2, -0.15) is 0 Å². The van der Waals surface area contributed by atoms with Crippen molar-refractivity contribution in [3.05, 3.63) is 63.9 Å². The van der Waals surface area contributed by atoms with Crippen molar-refractivity contribution in [3.63, 3.8) is 0 Å². The molecule has 0 aliphatic heterocycles. The molecule has 19 heavy (non-hydrogen) atoms. The van der Waals surface area contributed by atoms with Crippen molar-refractivity contribution in [2.75, 3.05) is 7.11 Å². The molecule has 0 bridgehead atoms. The Morgan fingerprint density at radius 1 is 1.21 bits per heavy atom. The van der Waals surface area contributed by atoms with Crippen LogP contribution in [0.25, 0.3) is 0 Å². The van der Waals surface area contributed by atoms with Crippen LogP contribution in [0.5, 0.6) is 5.75 Å². The predicted molar refractivity (Wildman–Crippen MR) is 75.8 cm³/mol. The third-order valence-corrected chi connectivity index (χ3v) is 3.60. The highest BCUT2D eigenvalue weighted by molar-refractivity contribution is 9.10. The molecular formula is C15H14BrFO2. The zero-order valence-corrected chi connectivity index (χ0v) is 12.0. The van der Waals surface area contributed by atoms with Gasteiger partial charge < -0.3 is 9.84 Å². The van der Waals surface area contributed by atoms with Gasteiger partial charge in [-0.05, 0) is 35.4 Å². The quantitative estimate of drug-likeness (QED) is 0.925. The maximum Gasteiger partial charge on any atom is 0.123 e. The first-order valence-electron chi connectivity index (χ1n) is 5.86. The lowest BCUT2D eigenvalue weighted by Crippen LogP contribution is -2.03. The summed E-state index contributed by atoms with van der Waals surface area (Å²) in [5, 5.41) is 10.2. The van der Waals surface area contributed by atoms with Crippen molar-refractivity contribution in [1.29, 1.82) is 0 Å². The smallest absolute Gasteiger partial charge is 0.123 e. The standard InChI is InChI=1S/C15H14BrFO2/c1-19-12-6-7-13(14(16)9-12)15(18)8-10-2-4-11(17)5-3-10/h2-7,9,15,18H,8H2,1H3. The molecule has 100 valence electrons. The molecule has 0 amide bonds. The molecule has 0 saturated heterocycles. The molecule has 0 heterocycles. The van der Waals surface area contributed by atoms with Gasteiger partial charge in [-0.15, -0.1) is 0 Å². The van der Waals surface area contributed by atoms with Gasteiger partial charge in [0.2, 0.25) is 0 Å². The Morgan fingerprint density at radius 3 is 2.47 bits per heavy atom. The molecule has 0 radical (unpaired) electrons. The molecule has 0 aromatic heterocycles. The van der Waals surface area contributed by atoms with Gasteiger partial charge in [-0.3, -0.25) is 0 Å². The first kappa shape index (κ1) is 14.0. The van der Waals surface area contributed by atoms with Crippen LogP contribution in [-0.4, -0.2) is 12.2 Å². The van der Waals surface area contributed by atoms with Gasteiger partial charge in [-0.1, -0.05) is 34.1 Å². The predicted octanol–water partition coefficient (Wildman–Crippen LogP) is 3.87. The summed E-state index contributed by atoms with van der Waals surface area (Å²) in [4.78, 5) is 0. The summed E-state index contributed by atoms with van der Waals surface area (Å²) < 4.78 is 18.7. The number of aliphatic hydroxyl groups excluding tert-OH is 1.